The van der Waals surface area contributed by atoms with Gasteiger partial charge in [-0.1, -0.05) is 41.4 Å². The number of fused-ring (bicyclic) bond motifs is 1. The van der Waals surface area contributed by atoms with Gasteiger partial charge >= 0.3 is 0 Å². The maximum Gasteiger partial charge on any atom is 0.0465 e. The molecule has 0 saturated heterocycles. The Morgan fingerprint density at radius 2 is 1.75 bits per heavy atom. The SMILES string of the molecule is Nc1cccc2c1CCN(Cc1c(Cl)cccc1Cl)C2. The zero-order valence-electron chi connectivity index (χ0n) is 11.1. The third-order valence-corrected chi connectivity index (χ3v) is 4.53. The summed E-state index contributed by atoms with van der Waals surface area (Å²) in [6, 6.07) is 11.8. The predicted molar refractivity (Wildman–Crippen MR) is 85.1 cm³/mol. The minimum absolute atomic E-state index is 0.732. The Hall–Kier alpha value is -1.22. The summed E-state index contributed by atoms with van der Waals surface area (Å²) in [5.74, 6) is 0. The molecule has 0 unspecified atom stereocenters. The molecule has 104 valence electrons. The number of anilines is 1. The number of nitrogens with zero attached hydrogens (tertiary/aromatic N) is 1. The van der Waals surface area contributed by atoms with Gasteiger partial charge in [0.05, 0.1) is 0 Å². The van der Waals surface area contributed by atoms with Crippen LogP contribution >= 0.6 is 23.2 Å². The van der Waals surface area contributed by atoms with Crippen molar-refractivity contribution in [3.8, 4) is 0 Å². The van der Waals surface area contributed by atoms with Crippen LogP contribution in [0.15, 0.2) is 36.4 Å². The molecular weight excluding hydrogens is 291 g/mol. The molecule has 0 spiro atoms. The lowest BCUT2D eigenvalue weighted by Gasteiger charge is -2.30. The summed E-state index contributed by atoms with van der Waals surface area (Å²) in [4.78, 5) is 2.36. The lowest BCUT2D eigenvalue weighted by molar-refractivity contribution is 0.246. The number of rotatable bonds is 2. The van der Waals surface area contributed by atoms with Crippen molar-refractivity contribution < 1.29 is 0 Å². The molecule has 2 aromatic carbocycles. The minimum atomic E-state index is 0.732. The normalized spacial score (nSPS) is 15.1. The van der Waals surface area contributed by atoms with Crippen molar-refractivity contribution in [2.75, 3.05) is 12.3 Å². The van der Waals surface area contributed by atoms with E-state index in [1.54, 1.807) is 0 Å². The molecule has 0 aliphatic carbocycles. The number of hydrogen-bond donors (Lipinski definition) is 1. The van der Waals surface area contributed by atoms with Crippen LogP contribution in [0.25, 0.3) is 0 Å². The molecule has 3 rings (SSSR count). The second kappa shape index (κ2) is 5.65. The lowest BCUT2D eigenvalue weighted by Crippen LogP contribution is -2.30. The van der Waals surface area contributed by atoms with Gasteiger partial charge in [-0.15, -0.1) is 0 Å². The van der Waals surface area contributed by atoms with Crippen molar-refractivity contribution in [1.82, 2.24) is 4.90 Å². The molecule has 2 nitrogen and oxygen atoms in total. The number of benzene rings is 2. The lowest BCUT2D eigenvalue weighted by atomic mass is 9.97. The number of nitrogens with two attached hydrogens (primary N) is 1. The molecule has 1 aliphatic rings. The van der Waals surface area contributed by atoms with Gasteiger partial charge in [-0.2, -0.15) is 0 Å². The zero-order valence-corrected chi connectivity index (χ0v) is 12.6. The van der Waals surface area contributed by atoms with Crippen LogP contribution in [-0.2, 0) is 19.5 Å². The van der Waals surface area contributed by atoms with Gasteiger partial charge in [0.2, 0.25) is 0 Å². The summed E-state index contributed by atoms with van der Waals surface area (Å²) >= 11 is 12.5. The van der Waals surface area contributed by atoms with Crippen LogP contribution in [0.2, 0.25) is 10.0 Å². The fourth-order valence-corrected chi connectivity index (χ4v) is 3.26. The maximum atomic E-state index is 6.24. The molecule has 20 heavy (non-hydrogen) atoms. The molecule has 1 aliphatic heterocycles. The second-order valence-electron chi connectivity index (χ2n) is 5.15. The van der Waals surface area contributed by atoms with Crippen LogP contribution < -0.4 is 5.73 Å². The van der Waals surface area contributed by atoms with E-state index in [0.29, 0.717) is 0 Å². The smallest absolute Gasteiger partial charge is 0.0465 e. The molecular formula is C16H16Cl2N2. The van der Waals surface area contributed by atoms with Crippen LogP contribution in [0.5, 0.6) is 0 Å². The average molecular weight is 307 g/mol. The van der Waals surface area contributed by atoms with Crippen molar-refractivity contribution >= 4 is 28.9 Å². The van der Waals surface area contributed by atoms with E-state index < -0.39 is 0 Å². The van der Waals surface area contributed by atoms with Gasteiger partial charge in [0.1, 0.15) is 0 Å². The summed E-state index contributed by atoms with van der Waals surface area (Å²) in [7, 11) is 0. The van der Waals surface area contributed by atoms with Crippen molar-refractivity contribution in [3.05, 3.63) is 63.1 Å². The largest absolute Gasteiger partial charge is 0.398 e. The molecule has 2 aromatic rings. The predicted octanol–water partition coefficient (Wildman–Crippen LogP) is 4.13. The third-order valence-electron chi connectivity index (χ3n) is 3.82. The summed E-state index contributed by atoms with van der Waals surface area (Å²) < 4.78 is 0. The Balaban J connectivity index is 1.81. The van der Waals surface area contributed by atoms with Gasteiger partial charge in [0, 0.05) is 40.9 Å². The first-order valence-electron chi connectivity index (χ1n) is 6.66. The molecule has 0 saturated carbocycles. The average Bonchev–Trinajstić information content (AvgIpc) is 2.43. The zero-order chi connectivity index (χ0) is 14.1. The van der Waals surface area contributed by atoms with E-state index in [2.05, 4.69) is 11.0 Å². The van der Waals surface area contributed by atoms with Crippen LogP contribution in [0, 0.1) is 0 Å². The molecule has 0 bridgehead atoms. The van der Waals surface area contributed by atoms with Crippen molar-refractivity contribution in [2.45, 2.75) is 19.5 Å². The number of nitrogen functional groups attached to an aromatic ring is 1. The Kier molecular flexibility index (Phi) is 3.88. The van der Waals surface area contributed by atoms with Crippen molar-refractivity contribution in [1.29, 1.82) is 0 Å². The highest BCUT2D eigenvalue weighted by atomic mass is 35.5. The van der Waals surface area contributed by atoms with Crippen LogP contribution in [0.4, 0.5) is 5.69 Å². The Morgan fingerprint density at radius 3 is 2.50 bits per heavy atom. The fourth-order valence-electron chi connectivity index (χ4n) is 2.74. The summed E-state index contributed by atoms with van der Waals surface area (Å²) in [6.45, 7) is 2.64. The van der Waals surface area contributed by atoms with E-state index >= 15 is 0 Å². The van der Waals surface area contributed by atoms with E-state index in [1.807, 2.05) is 30.3 Å². The standard InChI is InChI=1S/C16H16Cl2N2/c17-14-4-2-5-15(18)13(14)10-20-8-7-12-11(9-20)3-1-6-16(12)19/h1-6H,7-10,19H2. The van der Waals surface area contributed by atoms with E-state index in [1.165, 1.54) is 11.1 Å². The fraction of sp³-hybridized carbons (Fsp3) is 0.250. The Bertz CT molecular complexity index is 620. The molecule has 2 N–H and O–H groups in total. The van der Waals surface area contributed by atoms with Gasteiger partial charge in [0.25, 0.3) is 0 Å². The molecule has 0 fully saturated rings. The van der Waals surface area contributed by atoms with Gasteiger partial charge in [0.15, 0.2) is 0 Å². The van der Waals surface area contributed by atoms with E-state index in [0.717, 1.165) is 47.4 Å². The van der Waals surface area contributed by atoms with Crippen molar-refractivity contribution in [2.24, 2.45) is 0 Å². The quantitative estimate of drug-likeness (QED) is 0.845. The van der Waals surface area contributed by atoms with E-state index in [4.69, 9.17) is 28.9 Å². The molecule has 4 heteroatoms. The number of hydrogen-bond acceptors (Lipinski definition) is 2. The summed E-state index contributed by atoms with van der Waals surface area (Å²) in [6.07, 6.45) is 0.976. The van der Waals surface area contributed by atoms with E-state index in [9.17, 15) is 0 Å². The first-order chi connectivity index (χ1) is 9.65. The molecule has 1 heterocycles. The topological polar surface area (TPSA) is 29.3 Å². The highest BCUT2D eigenvalue weighted by Crippen LogP contribution is 2.29. The van der Waals surface area contributed by atoms with Crippen LogP contribution in [0.3, 0.4) is 0 Å². The molecule has 0 radical (unpaired) electrons. The van der Waals surface area contributed by atoms with Crippen LogP contribution in [-0.4, -0.2) is 11.4 Å². The third kappa shape index (κ3) is 2.64. The molecule has 0 aromatic heterocycles. The highest BCUT2D eigenvalue weighted by Gasteiger charge is 2.19. The summed E-state index contributed by atoms with van der Waals surface area (Å²) in [5, 5.41) is 1.46. The maximum absolute atomic E-state index is 6.24. The van der Waals surface area contributed by atoms with Crippen molar-refractivity contribution in [3.63, 3.8) is 0 Å². The van der Waals surface area contributed by atoms with Gasteiger partial charge < -0.3 is 5.73 Å². The first kappa shape index (κ1) is 13.7. The van der Waals surface area contributed by atoms with E-state index in [-0.39, 0.29) is 0 Å². The second-order valence-corrected chi connectivity index (χ2v) is 5.96. The number of halogens is 2. The molecule has 0 amide bonds. The summed E-state index contributed by atoms with van der Waals surface area (Å²) in [5.41, 5.74) is 10.5. The van der Waals surface area contributed by atoms with Gasteiger partial charge in [-0.3, -0.25) is 4.90 Å². The molecule has 0 atom stereocenters. The van der Waals surface area contributed by atoms with Gasteiger partial charge in [-0.05, 0) is 35.7 Å². The first-order valence-corrected chi connectivity index (χ1v) is 7.42. The Morgan fingerprint density at radius 1 is 1.05 bits per heavy atom. The van der Waals surface area contributed by atoms with Gasteiger partial charge in [-0.25, -0.2) is 0 Å². The van der Waals surface area contributed by atoms with Crippen LogP contribution in [0.1, 0.15) is 16.7 Å². The Labute approximate surface area is 129 Å². The monoisotopic (exact) mass is 306 g/mol. The minimum Gasteiger partial charge on any atom is -0.398 e. The highest BCUT2D eigenvalue weighted by molar-refractivity contribution is 6.35.